The van der Waals surface area contributed by atoms with Gasteiger partial charge in [0.05, 0.1) is 18.0 Å². The highest BCUT2D eigenvalue weighted by atomic mass is 16.8. The van der Waals surface area contributed by atoms with Crippen LogP contribution in [-0.2, 0) is 25.4 Å². The van der Waals surface area contributed by atoms with Crippen molar-refractivity contribution >= 4 is 5.78 Å². The number of hydrogen-bond donors (Lipinski definition) is 0. The van der Waals surface area contributed by atoms with E-state index in [9.17, 15) is 4.79 Å². The Hall–Kier alpha value is -1.34. The van der Waals surface area contributed by atoms with Crippen molar-refractivity contribution in [3.05, 3.63) is 29.1 Å². The van der Waals surface area contributed by atoms with Gasteiger partial charge in [-0.05, 0) is 51.7 Å². The molecule has 1 aromatic heterocycles. The molecule has 2 aliphatic heterocycles. The molecule has 2 fully saturated rings. The maximum atomic E-state index is 12.4. The maximum absolute atomic E-state index is 12.4. The predicted molar refractivity (Wildman–Crippen MR) is 98.4 cm³/mol. The Morgan fingerprint density at radius 2 is 1.70 bits per heavy atom. The van der Waals surface area contributed by atoms with Gasteiger partial charge in [-0.15, -0.1) is 0 Å². The van der Waals surface area contributed by atoms with Crippen molar-refractivity contribution in [1.82, 2.24) is 4.98 Å². The number of carbonyl (C=O) groups excluding carboxylic acids is 1. The van der Waals surface area contributed by atoms with E-state index < -0.39 is 11.6 Å². The zero-order valence-corrected chi connectivity index (χ0v) is 17.0. The highest BCUT2D eigenvalue weighted by molar-refractivity contribution is 5.98. The molecule has 1 aromatic rings. The average Bonchev–Trinajstić information content (AvgIpc) is 3.04. The third-order valence-electron chi connectivity index (χ3n) is 5.40. The molecule has 0 saturated carbocycles. The van der Waals surface area contributed by atoms with Crippen LogP contribution in [0.15, 0.2) is 12.1 Å². The van der Waals surface area contributed by atoms with E-state index in [1.54, 1.807) is 0 Å². The normalized spacial score (nSPS) is 33.9. The van der Waals surface area contributed by atoms with Crippen molar-refractivity contribution in [3.8, 4) is 0 Å². The molecule has 148 valence electrons. The lowest BCUT2D eigenvalue weighted by Gasteiger charge is -2.30. The number of carbonyl (C=O) groups is 1. The quantitative estimate of drug-likeness (QED) is 0.787. The van der Waals surface area contributed by atoms with Crippen molar-refractivity contribution < 1.29 is 23.7 Å². The maximum Gasteiger partial charge on any atom is 0.165 e. The molecule has 0 N–H and O–H groups in total. The lowest BCUT2D eigenvalue weighted by atomic mass is 9.75. The molecule has 0 aromatic carbocycles. The molecule has 0 unspecified atom stereocenters. The summed E-state index contributed by atoms with van der Waals surface area (Å²) in [7, 11) is 0. The van der Waals surface area contributed by atoms with Crippen molar-refractivity contribution in [2.75, 3.05) is 6.61 Å². The van der Waals surface area contributed by atoms with E-state index in [-0.39, 0.29) is 29.5 Å². The molecule has 2 saturated heterocycles. The van der Waals surface area contributed by atoms with Gasteiger partial charge in [-0.2, -0.15) is 0 Å². The zero-order valence-electron chi connectivity index (χ0n) is 17.0. The first kappa shape index (κ1) is 19.0. The minimum Gasteiger partial charge on any atom is -0.348 e. The van der Waals surface area contributed by atoms with Gasteiger partial charge >= 0.3 is 0 Å². The molecular formula is C21H29NO5. The number of aromatic nitrogens is 1. The van der Waals surface area contributed by atoms with E-state index in [0.29, 0.717) is 13.0 Å². The number of pyridine rings is 1. The molecule has 3 aliphatic rings. The van der Waals surface area contributed by atoms with Crippen LogP contribution in [0.2, 0.25) is 0 Å². The summed E-state index contributed by atoms with van der Waals surface area (Å²) < 4.78 is 24.1. The molecule has 3 atom stereocenters. The minimum absolute atomic E-state index is 0.0756. The SMILES string of the molecule is CC1(C)CC(=O)c2ccc([C@@H]3OC(C)(C)O[C@H]3[C@@H]3COC(C)(C)O3)nc2C1. The monoisotopic (exact) mass is 375 g/mol. The van der Waals surface area contributed by atoms with Crippen LogP contribution in [-0.4, -0.2) is 41.2 Å². The van der Waals surface area contributed by atoms with Crippen LogP contribution in [0.1, 0.15) is 75.8 Å². The number of hydrogen-bond acceptors (Lipinski definition) is 6. The van der Waals surface area contributed by atoms with Crippen molar-refractivity contribution in [2.24, 2.45) is 5.41 Å². The first-order valence-corrected chi connectivity index (χ1v) is 9.65. The second-order valence-electron chi connectivity index (χ2n) is 9.56. The van der Waals surface area contributed by atoms with Crippen molar-refractivity contribution in [2.45, 2.75) is 84.3 Å². The lowest BCUT2D eigenvalue weighted by molar-refractivity contribution is -0.174. The summed E-state index contributed by atoms with van der Waals surface area (Å²) in [4.78, 5) is 17.3. The second-order valence-corrected chi connectivity index (χ2v) is 9.56. The second kappa shape index (κ2) is 6.08. The van der Waals surface area contributed by atoms with E-state index in [1.165, 1.54) is 0 Å². The third kappa shape index (κ3) is 3.68. The van der Waals surface area contributed by atoms with Gasteiger partial charge in [-0.3, -0.25) is 9.78 Å². The van der Waals surface area contributed by atoms with Gasteiger partial charge < -0.3 is 18.9 Å². The van der Waals surface area contributed by atoms with Crippen molar-refractivity contribution in [3.63, 3.8) is 0 Å². The van der Waals surface area contributed by atoms with Crippen LogP contribution in [0, 0.1) is 5.41 Å². The van der Waals surface area contributed by atoms with Gasteiger partial charge in [-0.1, -0.05) is 13.8 Å². The van der Waals surface area contributed by atoms with Crippen LogP contribution < -0.4 is 0 Å². The summed E-state index contributed by atoms with van der Waals surface area (Å²) in [5, 5.41) is 0. The molecule has 27 heavy (non-hydrogen) atoms. The molecule has 0 amide bonds. The molecule has 3 heterocycles. The van der Waals surface area contributed by atoms with E-state index >= 15 is 0 Å². The lowest BCUT2D eigenvalue weighted by Crippen LogP contribution is -2.35. The number of ether oxygens (including phenoxy) is 4. The fourth-order valence-electron chi connectivity index (χ4n) is 4.28. The average molecular weight is 375 g/mol. The summed E-state index contributed by atoms with van der Waals surface area (Å²) in [5.41, 5.74) is 2.29. The molecule has 0 radical (unpaired) electrons. The number of ketones is 1. The Bertz CT molecular complexity index is 770. The van der Waals surface area contributed by atoms with E-state index in [4.69, 9.17) is 23.9 Å². The van der Waals surface area contributed by atoms with Crippen LogP contribution in [0.5, 0.6) is 0 Å². The first-order chi connectivity index (χ1) is 12.4. The van der Waals surface area contributed by atoms with E-state index in [1.807, 2.05) is 39.8 Å². The van der Waals surface area contributed by atoms with Gasteiger partial charge in [0.25, 0.3) is 0 Å². The molecule has 1 aliphatic carbocycles. The topological polar surface area (TPSA) is 66.9 Å². The fraction of sp³-hybridized carbons (Fsp3) is 0.714. The Labute approximate surface area is 160 Å². The van der Waals surface area contributed by atoms with Gasteiger partial charge in [0.15, 0.2) is 17.4 Å². The molecule has 0 spiro atoms. The van der Waals surface area contributed by atoms with Crippen LogP contribution in [0.3, 0.4) is 0 Å². The smallest absolute Gasteiger partial charge is 0.165 e. The van der Waals surface area contributed by atoms with Crippen LogP contribution in [0.25, 0.3) is 0 Å². The van der Waals surface area contributed by atoms with Crippen LogP contribution >= 0.6 is 0 Å². The standard InChI is InChI=1S/C21H29NO5/c1-19(2)9-14-12(15(23)10-19)7-8-13(22-14)17-18(27-21(5,6)26-17)16-11-24-20(3,4)25-16/h7-8,16-18H,9-11H2,1-6H3/t16-,17-,18-/m0/s1. The molecular weight excluding hydrogens is 346 g/mol. The Kier molecular flexibility index (Phi) is 4.28. The third-order valence-corrected chi connectivity index (χ3v) is 5.40. The van der Waals surface area contributed by atoms with Gasteiger partial charge in [-0.25, -0.2) is 0 Å². The Morgan fingerprint density at radius 3 is 2.37 bits per heavy atom. The Balaban J connectivity index is 1.66. The largest absolute Gasteiger partial charge is 0.348 e. The molecule has 4 rings (SSSR count). The zero-order chi connectivity index (χ0) is 19.6. The van der Waals surface area contributed by atoms with E-state index in [2.05, 4.69) is 13.8 Å². The highest BCUT2D eigenvalue weighted by Gasteiger charge is 2.51. The summed E-state index contributed by atoms with van der Waals surface area (Å²) in [6.07, 6.45) is 0.414. The number of nitrogens with zero attached hydrogens (tertiary/aromatic N) is 1. The first-order valence-electron chi connectivity index (χ1n) is 9.65. The number of fused-ring (bicyclic) bond motifs is 1. The predicted octanol–water partition coefficient (Wildman–Crippen LogP) is 3.58. The minimum atomic E-state index is -0.738. The molecule has 6 nitrogen and oxygen atoms in total. The highest BCUT2D eigenvalue weighted by Crippen LogP contribution is 2.43. The Morgan fingerprint density at radius 1 is 0.963 bits per heavy atom. The van der Waals surface area contributed by atoms with Gasteiger partial charge in [0.2, 0.25) is 0 Å². The summed E-state index contributed by atoms with van der Waals surface area (Å²) in [6.45, 7) is 12.2. The van der Waals surface area contributed by atoms with Gasteiger partial charge in [0, 0.05) is 12.0 Å². The van der Waals surface area contributed by atoms with Gasteiger partial charge in [0.1, 0.15) is 18.3 Å². The molecule has 6 heteroatoms. The number of rotatable bonds is 2. The summed E-state index contributed by atoms with van der Waals surface area (Å²) in [5.74, 6) is -1.21. The summed E-state index contributed by atoms with van der Waals surface area (Å²) >= 11 is 0. The fourth-order valence-corrected chi connectivity index (χ4v) is 4.28. The van der Waals surface area contributed by atoms with Crippen molar-refractivity contribution in [1.29, 1.82) is 0 Å². The van der Waals surface area contributed by atoms with E-state index in [0.717, 1.165) is 23.4 Å². The molecule has 0 bridgehead atoms. The van der Waals surface area contributed by atoms with Crippen LogP contribution in [0.4, 0.5) is 0 Å². The summed E-state index contributed by atoms with van der Waals surface area (Å²) in [6, 6.07) is 3.77. The number of Topliss-reactive ketones (excluding diaryl/α,β-unsaturated/α-hetero) is 1.